The average molecular weight is 310 g/mol. The molecular weight excluding hydrogens is 292 g/mol. The Balaban J connectivity index is 2.03. The molecule has 0 aliphatic heterocycles. The second kappa shape index (κ2) is 6.84. The van der Waals surface area contributed by atoms with E-state index in [1.165, 1.54) is 12.1 Å². The van der Waals surface area contributed by atoms with Crippen molar-refractivity contribution in [2.24, 2.45) is 0 Å². The molecule has 2 rings (SSSR count). The van der Waals surface area contributed by atoms with Gasteiger partial charge in [-0.1, -0.05) is 19.1 Å². The quantitative estimate of drug-likeness (QED) is 0.803. The third-order valence-electron chi connectivity index (χ3n) is 3.00. The van der Waals surface area contributed by atoms with Crippen LogP contribution in [0.5, 0.6) is 0 Å². The molecule has 7 heteroatoms. The van der Waals surface area contributed by atoms with E-state index >= 15 is 0 Å². The molecule has 0 saturated heterocycles. The molecule has 0 atom stereocenters. The van der Waals surface area contributed by atoms with Crippen LogP contribution in [0.15, 0.2) is 39.8 Å². The highest BCUT2D eigenvalue weighted by atomic mass is 32.2. The third-order valence-corrected chi connectivity index (χ3v) is 4.41. The van der Waals surface area contributed by atoms with Gasteiger partial charge in [0.15, 0.2) is 0 Å². The largest absolute Gasteiger partial charge is 0.444 e. The number of aryl methyl sites for hydroxylation is 1. The summed E-state index contributed by atoms with van der Waals surface area (Å²) in [6.45, 7) is 1.98. The van der Waals surface area contributed by atoms with Crippen LogP contribution in [0.1, 0.15) is 24.1 Å². The number of rotatable bonds is 7. The summed E-state index contributed by atoms with van der Waals surface area (Å²) in [5.74, 6) is 1.06. The minimum atomic E-state index is -3.60. The van der Waals surface area contributed by atoms with Gasteiger partial charge in [-0.3, -0.25) is 0 Å². The van der Waals surface area contributed by atoms with Crippen molar-refractivity contribution in [2.45, 2.75) is 31.2 Å². The minimum absolute atomic E-state index is 0.0146. The van der Waals surface area contributed by atoms with E-state index in [-0.39, 0.29) is 18.0 Å². The van der Waals surface area contributed by atoms with Crippen LogP contribution in [0.3, 0.4) is 0 Å². The van der Waals surface area contributed by atoms with Gasteiger partial charge in [-0.25, -0.2) is 18.1 Å². The zero-order valence-corrected chi connectivity index (χ0v) is 12.6. The Morgan fingerprint density at radius 1 is 1.29 bits per heavy atom. The van der Waals surface area contributed by atoms with Crippen molar-refractivity contribution in [3.8, 4) is 0 Å². The third kappa shape index (κ3) is 4.13. The number of aliphatic hydroxyl groups excluding tert-OH is 1. The lowest BCUT2D eigenvalue weighted by atomic mass is 10.2. The molecule has 0 saturated carbocycles. The lowest BCUT2D eigenvalue weighted by molar-refractivity contribution is 0.299. The second-order valence-corrected chi connectivity index (χ2v) is 6.28. The number of sulfonamides is 1. The summed E-state index contributed by atoms with van der Waals surface area (Å²) in [6.07, 6.45) is 2.81. The number of aliphatic hydroxyl groups is 1. The lowest BCUT2D eigenvalue weighted by Crippen LogP contribution is -2.23. The van der Waals surface area contributed by atoms with Crippen LogP contribution in [-0.4, -0.2) is 25.1 Å². The predicted molar refractivity (Wildman–Crippen MR) is 77.1 cm³/mol. The van der Waals surface area contributed by atoms with Gasteiger partial charge in [0.2, 0.25) is 15.9 Å². The summed E-state index contributed by atoms with van der Waals surface area (Å²) in [4.78, 5) is 4.17. The van der Waals surface area contributed by atoms with Gasteiger partial charge in [0.25, 0.3) is 0 Å². The number of hydrogen-bond donors (Lipinski definition) is 2. The number of aromatic nitrogens is 1. The number of nitrogens with one attached hydrogen (secondary N) is 1. The Morgan fingerprint density at radius 3 is 2.57 bits per heavy atom. The van der Waals surface area contributed by atoms with Gasteiger partial charge >= 0.3 is 0 Å². The maximum Gasteiger partial charge on any atom is 0.241 e. The van der Waals surface area contributed by atoms with E-state index in [1.807, 2.05) is 6.92 Å². The van der Waals surface area contributed by atoms with Crippen LogP contribution in [0, 0.1) is 0 Å². The van der Waals surface area contributed by atoms with E-state index in [0.29, 0.717) is 18.7 Å². The minimum Gasteiger partial charge on any atom is -0.444 e. The van der Waals surface area contributed by atoms with Crippen molar-refractivity contribution in [1.82, 2.24) is 9.71 Å². The van der Waals surface area contributed by atoms with Crippen LogP contribution in [0.25, 0.3) is 0 Å². The number of hydrogen-bond acceptors (Lipinski definition) is 5. The SMILES string of the molecule is CCc1cnc(CNS(=O)(=O)c2ccc(CCO)cc2)o1. The van der Waals surface area contributed by atoms with Gasteiger partial charge in [-0.05, 0) is 24.1 Å². The summed E-state index contributed by atoms with van der Waals surface area (Å²) in [5.41, 5.74) is 0.886. The van der Waals surface area contributed by atoms with Crippen LogP contribution in [0.2, 0.25) is 0 Å². The maximum absolute atomic E-state index is 12.1. The molecular formula is C14H18N2O4S. The topological polar surface area (TPSA) is 92.4 Å². The molecule has 0 amide bonds. The molecule has 2 N–H and O–H groups in total. The van der Waals surface area contributed by atoms with Gasteiger partial charge in [-0.15, -0.1) is 0 Å². The highest BCUT2D eigenvalue weighted by molar-refractivity contribution is 7.89. The number of oxazole rings is 1. The average Bonchev–Trinajstić information content (AvgIpc) is 2.94. The first-order valence-electron chi connectivity index (χ1n) is 6.68. The normalized spacial score (nSPS) is 11.7. The fourth-order valence-electron chi connectivity index (χ4n) is 1.80. The fraction of sp³-hybridized carbons (Fsp3) is 0.357. The lowest BCUT2D eigenvalue weighted by Gasteiger charge is -2.06. The Kier molecular flexibility index (Phi) is 5.11. The first-order valence-corrected chi connectivity index (χ1v) is 8.16. The van der Waals surface area contributed by atoms with E-state index in [0.717, 1.165) is 11.3 Å². The summed E-state index contributed by atoms with van der Waals surface area (Å²) < 4.78 is 32.0. The molecule has 2 aromatic rings. The summed E-state index contributed by atoms with van der Waals surface area (Å²) in [6, 6.07) is 6.40. The predicted octanol–water partition coefficient (Wildman–Crippen LogP) is 1.25. The first-order chi connectivity index (χ1) is 10.0. The van der Waals surface area contributed by atoms with Gasteiger partial charge in [0.05, 0.1) is 17.6 Å². The smallest absolute Gasteiger partial charge is 0.241 e. The Labute approximate surface area is 123 Å². The van der Waals surface area contributed by atoms with Crippen LogP contribution in [0.4, 0.5) is 0 Å². The standard InChI is InChI=1S/C14H18N2O4S/c1-2-12-9-15-14(20-12)10-16-21(18,19)13-5-3-11(4-6-13)7-8-17/h3-6,9,16-17H,2,7-8,10H2,1H3. The molecule has 0 spiro atoms. The second-order valence-electron chi connectivity index (χ2n) is 4.52. The Morgan fingerprint density at radius 2 is 2.00 bits per heavy atom. The Hall–Kier alpha value is -1.70. The van der Waals surface area contributed by atoms with E-state index < -0.39 is 10.0 Å². The van der Waals surface area contributed by atoms with E-state index in [9.17, 15) is 8.42 Å². The Bertz CT molecular complexity index is 677. The van der Waals surface area contributed by atoms with Gasteiger partial charge in [0.1, 0.15) is 5.76 Å². The van der Waals surface area contributed by atoms with Crippen molar-refractivity contribution < 1.29 is 17.9 Å². The molecule has 0 radical (unpaired) electrons. The van der Waals surface area contributed by atoms with Gasteiger partial charge in [0, 0.05) is 13.0 Å². The van der Waals surface area contributed by atoms with E-state index in [4.69, 9.17) is 9.52 Å². The van der Waals surface area contributed by atoms with E-state index in [2.05, 4.69) is 9.71 Å². The molecule has 1 heterocycles. The summed E-state index contributed by atoms with van der Waals surface area (Å²) in [5, 5.41) is 8.83. The molecule has 114 valence electrons. The maximum atomic E-state index is 12.1. The molecule has 0 aliphatic rings. The molecule has 1 aromatic heterocycles. The van der Waals surface area contributed by atoms with Crippen LogP contribution < -0.4 is 4.72 Å². The fourth-order valence-corrected chi connectivity index (χ4v) is 2.77. The molecule has 0 fully saturated rings. The summed E-state index contributed by atoms with van der Waals surface area (Å²) >= 11 is 0. The van der Waals surface area contributed by atoms with Crippen molar-refractivity contribution in [3.05, 3.63) is 47.7 Å². The zero-order valence-electron chi connectivity index (χ0n) is 11.7. The van der Waals surface area contributed by atoms with Crippen LogP contribution >= 0.6 is 0 Å². The highest BCUT2D eigenvalue weighted by Gasteiger charge is 2.15. The van der Waals surface area contributed by atoms with E-state index in [1.54, 1.807) is 18.3 Å². The van der Waals surface area contributed by atoms with Gasteiger partial charge in [-0.2, -0.15) is 0 Å². The molecule has 6 nitrogen and oxygen atoms in total. The monoisotopic (exact) mass is 310 g/mol. The molecule has 0 bridgehead atoms. The summed E-state index contributed by atoms with van der Waals surface area (Å²) in [7, 11) is -3.60. The molecule has 21 heavy (non-hydrogen) atoms. The van der Waals surface area contributed by atoms with Gasteiger partial charge < -0.3 is 9.52 Å². The highest BCUT2D eigenvalue weighted by Crippen LogP contribution is 2.12. The van der Waals surface area contributed by atoms with Crippen molar-refractivity contribution in [1.29, 1.82) is 0 Å². The molecule has 0 aliphatic carbocycles. The van der Waals surface area contributed by atoms with Crippen LogP contribution in [-0.2, 0) is 29.4 Å². The van der Waals surface area contributed by atoms with Crippen molar-refractivity contribution >= 4 is 10.0 Å². The molecule has 0 unspecified atom stereocenters. The zero-order chi connectivity index (χ0) is 15.3. The molecule has 1 aromatic carbocycles. The number of nitrogens with zero attached hydrogens (tertiary/aromatic N) is 1. The number of benzene rings is 1. The van der Waals surface area contributed by atoms with Crippen molar-refractivity contribution in [2.75, 3.05) is 6.61 Å². The first kappa shape index (κ1) is 15.7. The van der Waals surface area contributed by atoms with Crippen molar-refractivity contribution in [3.63, 3.8) is 0 Å².